The fourth-order valence-corrected chi connectivity index (χ4v) is 2.78. The van der Waals surface area contributed by atoms with Crippen LogP contribution in [0, 0.1) is 0 Å². The normalized spacial score (nSPS) is 22.3. The van der Waals surface area contributed by atoms with Crippen LogP contribution in [0.1, 0.15) is 28.6 Å². The van der Waals surface area contributed by atoms with Gasteiger partial charge >= 0.3 is 5.69 Å². The Morgan fingerprint density at radius 1 is 1.31 bits per heavy atom. The molecule has 138 valence electrons. The van der Waals surface area contributed by atoms with Gasteiger partial charge in [0.15, 0.2) is 0 Å². The Morgan fingerprint density at radius 3 is 2.69 bits per heavy atom. The Balaban J connectivity index is 1.81. The zero-order chi connectivity index (χ0) is 18.7. The average molecular weight is 361 g/mol. The van der Waals surface area contributed by atoms with Gasteiger partial charge in [0, 0.05) is 19.2 Å². The molecular formula is C17H19N3O6. The predicted octanol–water partition coefficient (Wildman–Crippen LogP) is -0.893. The molecule has 0 aliphatic carbocycles. The van der Waals surface area contributed by atoms with Gasteiger partial charge in [-0.1, -0.05) is 30.3 Å². The summed E-state index contributed by atoms with van der Waals surface area (Å²) in [5.74, 6) is -0.638. The Morgan fingerprint density at radius 2 is 2.04 bits per heavy atom. The van der Waals surface area contributed by atoms with Crippen molar-refractivity contribution in [1.82, 2.24) is 14.9 Å². The summed E-state index contributed by atoms with van der Waals surface area (Å²) in [6.07, 6.45) is -1.48. The van der Waals surface area contributed by atoms with E-state index in [1.165, 1.54) is 0 Å². The summed E-state index contributed by atoms with van der Waals surface area (Å²) in [6, 6.07) is 9.16. The smallest absolute Gasteiger partial charge is 0.330 e. The van der Waals surface area contributed by atoms with Crippen LogP contribution in [0.15, 0.2) is 46.1 Å². The Bertz CT molecular complexity index is 891. The van der Waals surface area contributed by atoms with E-state index in [2.05, 4.69) is 10.3 Å². The molecule has 1 aliphatic rings. The standard InChI is InChI=1S/C17H19N3O6/c21-9-13-12(22)6-14(26-13)20-8-11(16(24)19-17(20)25)15(23)18-7-10-4-2-1-3-5-10/h1-5,8,12-14,21-22H,6-7,9H2,(H,18,23)(H,19,24,25)/t12-,13+,14+/m0/s1. The first-order valence-corrected chi connectivity index (χ1v) is 8.11. The van der Waals surface area contributed by atoms with Gasteiger partial charge in [0.2, 0.25) is 0 Å². The van der Waals surface area contributed by atoms with Crippen LogP contribution in [0.5, 0.6) is 0 Å². The second kappa shape index (κ2) is 7.65. The van der Waals surface area contributed by atoms with E-state index in [0.717, 1.165) is 16.3 Å². The molecule has 0 radical (unpaired) electrons. The average Bonchev–Trinajstić information content (AvgIpc) is 3.01. The molecule has 0 saturated carbocycles. The molecule has 0 unspecified atom stereocenters. The number of carbonyl (C=O) groups excluding carboxylic acids is 1. The number of hydrogen-bond acceptors (Lipinski definition) is 6. The van der Waals surface area contributed by atoms with Crippen molar-refractivity contribution in [2.75, 3.05) is 6.61 Å². The number of ether oxygens (including phenoxy) is 1. The lowest BCUT2D eigenvalue weighted by molar-refractivity contribution is -0.0459. The number of carbonyl (C=O) groups is 1. The van der Waals surface area contributed by atoms with Crippen LogP contribution < -0.4 is 16.6 Å². The summed E-state index contributed by atoms with van der Waals surface area (Å²) in [5.41, 5.74) is -0.954. The van der Waals surface area contributed by atoms with Crippen molar-refractivity contribution in [3.8, 4) is 0 Å². The Kier molecular flexibility index (Phi) is 5.31. The van der Waals surface area contributed by atoms with E-state index in [-0.39, 0.29) is 18.5 Å². The number of nitrogens with one attached hydrogen (secondary N) is 2. The highest BCUT2D eigenvalue weighted by molar-refractivity contribution is 5.93. The van der Waals surface area contributed by atoms with Crippen molar-refractivity contribution in [3.05, 3.63) is 68.5 Å². The summed E-state index contributed by atoms with van der Waals surface area (Å²) in [7, 11) is 0. The fraction of sp³-hybridized carbons (Fsp3) is 0.353. The monoisotopic (exact) mass is 361 g/mol. The SMILES string of the molecule is O=C(NCc1ccccc1)c1cn([C@H]2C[C@H](O)[C@@H](CO)O2)c(=O)[nH]c1=O. The molecule has 2 heterocycles. The van der Waals surface area contributed by atoms with E-state index in [0.29, 0.717) is 0 Å². The van der Waals surface area contributed by atoms with Crippen molar-refractivity contribution in [2.24, 2.45) is 0 Å². The minimum atomic E-state index is -0.945. The molecule has 3 atom stereocenters. The molecule has 4 N–H and O–H groups in total. The highest BCUT2D eigenvalue weighted by atomic mass is 16.5. The Labute approximate surface area is 147 Å². The number of H-pyrrole nitrogens is 1. The van der Waals surface area contributed by atoms with Crippen LogP contribution in [0.2, 0.25) is 0 Å². The van der Waals surface area contributed by atoms with Crippen LogP contribution in [0.25, 0.3) is 0 Å². The third-order valence-corrected chi connectivity index (χ3v) is 4.20. The molecule has 1 fully saturated rings. The maximum Gasteiger partial charge on any atom is 0.330 e. The number of aromatic amines is 1. The first-order valence-electron chi connectivity index (χ1n) is 8.11. The van der Waals surface area contributed by atoms with Crippen LogP contribution in [0.3, 0.4) is 0 Å². The lowest BCUT2D eigenvalue weighted by Crippen LogP contribution is -2.38. The Hall–Kier alpha value is -2.75. The lowest BCUT2D eigenvalue weighted by atomic mass is 10.2. The number of rotatable bonds is 5. The molecule has 26 heavy (non-hydrogen) atoms. The van der Waals surface area contributed by atoms with Gasteiger partial charge in [-0.3, -0.25) is 19.1 Å². The van der Waals surface area contributed by atoms with Gasteiger partial charge in [-0.05, 0) is 5.56 Å². The van der Waals surface area contributed by atoms with Crippen molar-refractivity contribution < 1.29 is 19.7 Å². The van der Waals surface area contributed by atoms with Gasteiger partial charge in [-0.2, -0.15) is 0 Å². The van der Waals surface area contributed by atoms with Crippen LogP contribution in [-0.4, -0.2) is 44.5 Å². The van der Waals surface area contributed by atoms with Gasteiger partial charge in [-0.25, -0.2) is 4.79 Å². The number of aliphatic hydroxyl groups is 2. The molecule has 0 spiro atoms. The highest BCUT2D eigenvalue weighted by Gasteiger charge is 2.35. The summed E-state index contributed by atoms with van der Waals surface area (Å²) in [5, 5.41) is 21.6. The summed E-state index contributed by atoms with van der Waals surface area (Å²) in [4.78, 5) is 38.4. The van der Waals surface area contributed by atoms with Crippen molar-refractivity contribution in [3.63, 3.8) is 0 Å². The third kappa shape index (κ3) is 3.74. The number of aliphatic hydroxyl groups excluding tert-OH is 2. The number of nitrogens with zero attached hydrogens (tertiary/aromatic N) is 1. The molecular weight excluding hydrogens is 342 g/mol. The number of hydrogen-bond donors (Lipinski definition) is 4. The summed E-state index contributed by atoms with van der Waals surface area (Å²) in [6.45, 7) is -0.177. The minimum absolute atomic E-state index is 0.0578. The number of benzene rings is 1. The number of aromatic nitrogens is 2. The van der Waals surface area contributed by atoms with Crippen LogP contribution >= 0.6 is 0 Å². The van der Waals surface area contributed by atoms with Crippen molar-refractivity contribution >= 4 is 5.91 Å². The highest BCUT2D eigenvalue weighted by Crippen LogP contribution is 2.27. The second-order valence-corrected chi connectivity index (χ2v) is 5.99. The molecule has 9 heteroatoms. The third-order valence-electron chi connectivity index (χ3n) is 4.20. The maximum atomic E-state index is 12.3. The quantitative estimate of drug-likeness (QED) is 0.546. The summed E-state index contributed by atoms with van der Waals surface area (Å²) >= 11 is 0. The largest absolute Gasteiger partial charge is 0.394 e. The van der Waals surface area contributed by atoms with Crippen LogP contribution in [0.4, 0.5) is 0 Å². The second-order valence-electron chi connectivity index (χ2n) is 5.99. The van der Waals surface area contributed by atoms with E-state index in [4.69, 9.17) is 9.84 Å². The molecule has 3 rings (SSSR count). The molecule has 1 aromatic carbocycles. The van der Waals surface area contributed by atoms with Crippen molar-refractivity contribution in [1.29, 1.82) is 0 Å². The van der Waals surface area contributed by atoms with Gasteiger partial charge in [0.05, 0.1) is 12.7 Å². The van der Waals surface area contributed by atoms with Gasteiger partial charge < -0.3 is 20.3 Å². The molecule has 1 aromatic heterocycles. The molecule has 9 nitrogen and oxygen atoms in total. The maximum absolute atomic E-state index is 12.3. The zero-order valence-corrected chi connectivity index (χ0v) is 13.8. The van der Waals surface area contributed by atoms with E-state index < -0.39 is 42.2 Å². The summed E-state index contributed by atoms with van der Waals surface area (Å²) < 4.78 is 6.44. The van der Waals surface area contributed by atoms with Crippen molar-refractivity contribution in [2.45, 2.75) is 31.4 Å². The fourth-order valence-electron chi connectivity index (χ4n) is 2.78. The molecule has 1 aliphatic heterocycles. The predicted molar refractivity (Wildman–Crippen MR) is 90.6 cm³/mol. The molecule has 0 bridgehead atoms. The van der Waals surface area contributed by atoms with Crippen LogP contribution in [-0.2, 0) is 11.3 Å². The van der Waals surface area contributed by atoms with E-state index in [1.54, 1.807) is 0 Å². The van der Waals surface area contributed by atoms with E-state index in [9.17, 15) is 19.5 Å². The molecule has 1 saturated heterocycles. The van der Waals surface area contributed by atoms with Gasteiger partial charge in [0.25, 0.3) is 11.5 Å². The van der Waals surface area contributed by atoms with E-state index in [1.807, 2.05) is 30.3 Å². The minimum Gasteiger partial charge on any atom is -0.394 e. The molecule has 1 amide bonds. The lowest BCUT2D eigenvalue weighted by Gasteiger charge is -2.15. The van der Waals surface area contributed by atoms with E-state index >= 15 is 0 Å². The first-order chi connectivity index (χ1) is 12.5. The van der Waals surface area contributed by atoms with Gasteiger partial charge in [-0.15, -0.1) is 0 Å². The van der Waals surface area contributed by atoms with Gasteiger partial charge in [0.1, 0.15) is 17.9 Å². The first kappa shape index (κ1) is 18.1. The molecule has 2 aromatic rings. The zero-order valence-electron chi connectivity index (χ0n) is 13.8. The topological polar surface area (TPSA) is 134 Å². The number of amides is 1.